The molecule has 0 bridgehead atoms. The Hall–Kier alpha value is -2.80. The van der Waals surface area contributed by atoms with E-state index in [1.54, 1.807) is 13.4 Å². The zero-order valence-corrected chi connectivity index (χ0v) is 15.5. The number of carbonyl (C=O) groups is 1. The monoisotopic (exact) mass is 353 g/mol. The van der Waals surface area contributed by atoms with Gasteiger partial charge < -0.3 is 14.6 Å². The van der Waals surface area contributed by atoms with Crippen LogP contribution in [0.5, 0.6) is 0 Å². The highest BCUT2D eigenvalue weighted by molar-refractivity contribution is 5.98. The molecule has 7 heteroatoms. The summed E-state index contributed by atoms with van der Waals surface area (Å²) >= 11 is 0. The van der Waals surface area contributed by atoms with E-state index >= 15 is 0 Å². The Morgan fingerprint density at radius 2 is 2.12 bits per heavy atom. The van der Waals surface area contributed by atoms with Crippen molar-refractivity contribution in [2.24, 2.45) is 0 Å². The summed E-state index contributed by atoms with van der Waals surface area (Å²) in [5.41, 5.74) is 3.29. The van der Waals surface area contributed by atoms with E-state index in [1.807, 2.05) is 49.6 Å². The number of methoxy groups -OCH3 is 1. The summed E-state index contributed by atoms with van der Waals surface area (Å²) in [6.45, 7) is 6.95. The predicted molar refractivity (Wildman–Crippen MR) is 99.0 cm³/mol. The third kappa shape index (κ3) is 3.72. The van der Waals surface area contributed by atoms with E-state index in [2.05, 4.69) is 20.5 Å². The molecule has 0 aliphatic heterocycles. The molecule has 1 N–H and O–H groups in total. The number of hydrogen-bond acceptors (Lipinski definition) is 5. The number of carbonyl (C=O) groups excluding carboxylic acids is 1. The van der Waals surface area contributed by atoms with Crippen molar-refractivity contribution in [1.29, 1.82) is 0 Å². The number of nitrogens with one attached hydrogen (secondary N) is 1. The van der Waals surface area contributed by atoms with Crippen molar-refractivity contribution in [3.05, 3.63) is 53.2 Å². The second-order valence-electron chi connectivity index (χ2n) is 6.39. The lowest BCUT2D eigenvalue weighted by molar-refractivity contribution is 0.0936. The van der Waals surface area contributed by atoms with Gasteiger partial charge in [-0.25, -0.2) is 0 Å². The van der Waals surface area contributed by atoms with Crippen molar-refractivity contribution >= 4 is 16.8 Å². The minimum absolute atomic E-state index is 0.174. The van der Waals surface area contributed by atoms with Crippen molar-refractivity contribution < 1.29 is 9.53 Å². The number of aryl methyl sites for hydroxylation is 2. The number of fused-ring (bicyclic) bond motifs is 1. The molecule has 2 heterocycles. The molecule has 0 aliphatic rings. The first kappa shape index (κ1) is 18.0. The molecule has 1 unspecified atom stereocenters. The van der Waals surface area contributed by atoms with Gasteiger partial charge in [0, 0.05) is 19.0 Å². The normalized spacial score (nSPS) is 12.3. The molecule has 0 fully saturated rings. The average molecular weight is 353 g/mol. The number of amides is 1. The van der Waals surface area contributed by atoms with Gasteiger partial charge in [-0.05, 0) is 39.0 Å². The Bertz CT molecular complexity index is 935. The van der Waals surface area contributed by atoms with Crippen LogP contribution in [0.25, 0.3) is 10.9 Å². The average Bonchev–Trinajstić information content (AvgIpc) is 3.08. The van der Waals surface area contributed by atoms with Crippen LogP contribution in [0.4, 0.5) is 0 Å². The number of ether oxygens (including phenoxy) is 1. The van der Waals surface area contributed by atoms with Crippen molar-refractivity contribution in [2.45, 2.75) is 33.4 Å². The summed E-state index contributed by atoms with van der Waals surface area (Å²) in [6, 6.07) is 7.63. The third-order valence-electron chi connectivity index (χ3n) is 4.32. The van der Waals surface area contributed by atoms with E-state index in [0.29, 0.717) is 30.2 Å². The summed E-state index contributed by atoms with van der Waals surface area (Å²) in [6.07, 6.45) is 1.64. The summed E-state index contributed by atoms with van der Waals surface area (Å²) in [5.74, 6) is 0.518. The zero-order chi connectivity index (χ0) is 18.7. The molecule has 26 heavy (non-hydrogen) atoms. The Labute approximate surface area is 152 Å². The Balaban J connectivity index is 1.82. The Morgan fingerprint density at radius 3 is 2.88 bits per heavy atom. The Kier molecular flexibility index (Phi) is 5.27. The van der Waals surface area contributed by atoms with Gasteiger partial charge in [-0.1, -0.05) is 11.6 Å². The van der Waals surface area contributed by atoms with Gasteiger partial charge in [0.15, 0.2) is 5.82 Å². The first-order valence-electron chi connectivity index (χ1n) is 8.55. The number of aromatic nitrogens is 4. The maximum atomic E-state index is 12.8. The van der Waals surface area contributed by atoms with Gasteiger partial charge in [0.1, 0.15) is 6.33 Å². The molecule has 1 atom stereocenters. The molecule has 1 amide bonds. The fourth-order valence-electron chi connectivity index (χ4n) is 2.92. The highest BCUT2D eigenvalue weighted by Crippen LogP contribution is 2.19. The molecule has 0 radical (unpaired) electrons. The van der Waals surface area contributed by atoms with Gasteiger partial charge >= 0.3 is 0 Å². The highest BCUT2D eigenvalue weighted by Gasteiger charge is 2.18. The molecular formula is C19H23N5O2. The fraction of sp³-hybridized carbons (Fsp3) is 0.368. The van der Waals surface area contributed by atoms with E-state index < -0.39 is 0 Å². The summed E-state index contributed by atoms with van der Waals surface area (Å²) in [7, 11) is 1.65. The molecule has 1 aromatic carbocycles. The van der Waals surface area contributed by atoms with Crippen molar-refractivity contribution in [3.63, 3.8) is 0 Å². The first-order valence-corrected chi connectivity index (χ1v) is 8.55. The highest BCUT2D eigenvalue weighted by atomic mass is 16.5. The molecule has 3 aromatic rings. The Morgan fingerprint density at radius 1 is 1.31 bits per heavy atom. The second kappa shape index (κ2) is 7.61. The zero-order valence-electron chi connectivity index (χ0n) is 15.5. The maximum absolute atomic E-state index is 12.8. The van der Waals surface area contributed by atoms with Gasteiger partial charge in [-0.2, -0.15) is 0 Å². The van der Waals surface area contributed by atoms with Gasteiger partial charge in [0.25, 0.3) is 5.91 Å². The third-order valence-corrected chi connectivity index (χ3v) is 4.32. The van der Waals surface area contributed by atoms with E-state index in [4.69, 9.17) is 4.74 Å². The molecule has 0 saturated carbocycles. The van der Waals surface area contributed by atoms with Crippen LogP contribution in [0.3, 0.4) is 0 Å². The lowest BCUT2D eigenvalue weighted by atomic mass is 10.1. The quantitative estimate of drug-likeness (QED) is 0.736. The number of benzene rings is 1. The van der Waals surface area contributed by atoms with E-state index in [9.17, 15) is 4.79 Å². The smallest absolute Gasteiger partial charge is 0.253 e. The molecule has 3 rings (SSSR count). The molecule has 0 spiro atoms. The van der Waals surface area contributed by atoms with E-state index in [0.717, 1.165) is 16.5 Å². The molecule has 136 valence electrons. The maximum Gasteiger partial charge on any atom is 0.253 e. The van der Waals surface area contributed by atoms with Crippen LogP contribution in [0.15, 0.2) is 30.6 Å². The summed E-state index contributed by atoms with van der Waals surface area (Å²) < 4.78 is 6.97. The summed E-state index contributed by atoms with van der Waals surface area (Å²) in [4.78, 5) is 17.3. The number of nitrogens with zero attached hydrogens (tertiary/aromatic N) is 4. The molecular weight excluding hydrogens is 330 g/mol. The van der Waals surface area contributed by atoms with Crippen LogP contribution in [-0.4, -0.2) is 39.4 Å². The molecule has 0 aliphatic carbocycles. The van der Waals surface area contributed by atoms with Crippen molar-refractivity contribution in [1.82, 2.24) is 25.1 Å². The van der Waals surface area contributed by atoms with Crippen molar-refractivity contribution in [3.8, 4) is 0 Å². The van der Waals surface area contributed by atoms with Crippen LogP contribution in [-0.2, 0) is 11.3 Å². The number of rotatable bonds is 6. The van der Waals surface area contributed by atoms with Crippen LogP contribution in [0.2, 0.25) is 0 Å². The minimum atomic E-state index is -0.283. The van der Waals surface area contributed by atoms with Gasteiger partial charge in [-0.3, -0.25) is 9.78 Å². The van der Waals surface area contributed by atoms with Crippen LogP contribution in [0, 0.1) is 13.8 Å². The largest absolute Gasteiger partial charge is 0.383 e. The first-order chi connectivity index (χ1) is 12.5. The minimum Gasteiger partial charge on any atom is -0.383 e. The topological polar surface area (TPSA) is 81.9 Å². The lowest BCUT2D eigenvalue weighted by Crippen LogP contribution is -2.29. The molecule has 0 saturated heterocycles. The van der Waals surface area contributed by atoms with Crippen LogP contribution >= 0.6 is 0 Å². The SMILES string of the molecule is COCCn1cnnc1C(C)NC(=O)c1cc2cc(C)ccc2nc1C. The van der Waals surface area contributed by atoms with Crippen LogP contribution < -0.4 is 5.32 Å². The van der Waals surface area contributed by atoms with Gasteiger partial charge in [0.2, 0.25) is 0 Å². The lowest BCUT2D eigenvalue weighted by Gasteiger charge is -2.16. The molecule has 2 aromatic heterocycles. The second-order valence-corrected chi connectivity index (χ2v) is 6.39. The summed E-state index contributed by atoms with van der Waals surface area (Å²) in [5, 5.41) is 12.0. The van der Waals surface area contributed by atoms with Gasteiger partial charge in [-0.15, -0.1) is 10.2 Å². The van der Waals surface area contributed by atoms with E-state index in [-0.39, 0.29) is 11.9 Å². The fourth-order valence-corrected chi connectivity index (χ4v) is 2.92. The predicted octanol–water partition coefficient (Wildman–Crippen LogP) is 2.58. The standard InChI is InChI=1S/C19H23N5O2/c1-12-5-6-17-15(9-12)10-16(13(2)21-17)19(25)22-14(3)18-23-20-11-24(18)7-8-26-4/h5-6,9-11,14H,7-8H2,1-4H3,(H,22,25). The van der Waals surface area contributed by atoms with Gasteiger partial charge in [0.05, 0.1) is 29.4 Å². The molecule has 7 nitrogen and oxygen atoms in total. The van der Waals surface area contributed by atoms with Crippen molar-refractivity contribution in [2.75, 3.05) is 13.7 Å². The number of pyridine rings is 1. The van der Waals surface area contributed by atoms with E-state index in [1.165, 1.54) is 0 Å². The van der Waals surface area contributed by atoms with Crippen LogP contribution in [0.1, 0.15) is 40.4 Å². The number of hydrogen-bond donors (Lipinski definition) is 1.